The van der Waals surface area contributed by atoms with Gasteiger partial charge in [-0.3, -0.25) is 10.1 Å². The molecule has 1 fully saturated rings. The van der Waals surface area contributed by atoms with E-state index in [1.54, 1.807) is 0 Å². The third-order valence-corrected chi connectivity index (χ3v) is 4.47. The predicted molar refractivity (Wildman–Crippen MR) is 72.0 cm³/mol. The van der Waals surface area contributed by atoms with Crippen molar-refractivity contribution in [1.29, 1.82) is 0 Å². The van der Waals surface area contributed by atoms with Crippen LogP contribution < -0.4 is 5.32 Å². The highest BCUT2D eigenvalue weighted by atomic mass is 35.5. The first-order chi connectivity index (χ1) is 8.58. The number of benzene rings is 1. The number of nitro groups is 1. The van der Waals surface area contributed by atoms with E-state index in [0.29, 0.717) is 11.8 Å². The second kappa shape index (κ2) is 5.75. The zero-order valence-electron chi connectivity index (χ0n) is 9.49. The summed E-state index contributed by atoms with van der Waals surface area (Å²) >= 11 is 7.49. The van der Waals surface area contributed by atoms with E-state index in [2.05, 4.69) is 5.32 Å². The van der Waals surface area contributed by atoms with Gasteiger partial charge in [0.15, 0.2) is 0 Å². The van der Waals surface area contributed by atoms with Crippen molar-refractivity contribution in [3.05, 3.63) is 33.1 Å². The van der Waals surface area contributed by atoms with Gasteiger partial charge in [-0.15, -0.1) is 0 Å². The first kappa shape index (κ1) is 13.4. The molecule has 0 spiro atoms. The van der Waals surface area contributed by atoms with Crippen molar-refractivity contribution in [3.63, 3.8) is 0 Å². The lowest BCUT2D eigenvalue weighted by Crippen LogP contribution is -2.14. The molecule has 1 N–H and O–H groups in total. The zero-order valence-corrected chi connectivity index (χ0v) is 11.1. The number of hydrogen-bond donors (Lipinski definition) is 1. The molecule has 4 nitrogen and oxygen atoms in total. The molecule has 0 radical (unpaired) electrons. The molecule has 0 aromatic heterocycles. The van der Waals surface area contributed by atoms with Crippen molar-refractivity contribution < 1.29 is 9.31 Å². The SMILES string of the molecule is O=[N+]([O-])c1cc(F)c(Cl)cc1NCC1CCCS1. The van der Waals surface area contributed by atoms with Gasteiger partial charge in [-0.05, 0) is 24.7 Å². The van der Waals surface area contributed by atoms with Crippen LogP contribution >= 0.6 is 23.4 Å². The Kier molecular flexibility index (Phi) is 4.29. The third-order valence-electron chi connectivity index (χ3n) is 2.78. The molecule has 0 bridgehead atoms. The predicted octanol–water partition coefficient (Wildman–Crippen LogP) is 3.69. The fourth-order valence-electron chi connectivity index (χ4n) is 1.86. The molecular formula is C11H12ClFN2O2S. The lowest BCUT2D eigenvalue weighted by molar-refractivity contribution is -0.384. The quantitative estimate of drug-likeness (QED) is 0.678. The van der Waals surface area contributed by atoms with Crippen molar-refractivity contribution >= 4 is 34.7 Å². The molecule has 1 aliphatic rings. The van der Waals surface area contributed by atoms with Crippen molar-refractivity contribution in [1.82, 2.24) is 0 Å². The highest BCUT2D eigenvalue weighted by Gasteiger charge is 2.20. The lowest BCUT2D eigenvalue weighted by Gasteiger charge is -2.12. The number of hydrogen-bond acceptors (Lipinski definition) is 4. The second-order valence-electron chi connectivity index (χ2n) is 4.06. The highest BCUT2D eigenvalue weighted by Crippen LogP contribution is 2.32. The third kappa shape index (κ3) is 3.05. The van der Waals surface area contributed by atoms with Gasteiger partial charge in [-0.25, -0.2) is 4.39 Å². The summed E-state index contributed by atoms with van der Waals surface area (Å²) in [7, 11) is 0. The second-order valence-corrected chi connectivity index (χ2v) is 5.87. The number of nitro benzene ring substituents is 1. The van der Waals surface area contributed by atoms with Gasteiger partial charge >= 0.3 is 0 Å². The van der Waals surface area contributed by atoms with Crippen LogP contribution in [0.3, 0.4) is 0 Å². The van der Waals surface area contributed by atoms with Gasteiger partial charge in [0, 0.05) is 11.8 Å². The summed E-state index contributed by atoms with van der Waals surface area (Å²) in [6.07, 6.45) is 2.27. The minimum Gasteiger partial charge on any atom is -0.378 e. The van der Waals surface area contributed by atoms with E-state index in [1.807, 2.05) is 11.8 Å². The van der Waals surface area contributed by atoms with Crippen molar-refractivity contribution in [2.75, 3.05) is 17.6 Å². The summed E-state index contributed by atoms with van der Waals surface area (Å²) in [5.41, 5.74) is -0.00111. The molecule has 1 atom stereocenters. The summed E-state index contributed by atoms with van der Waals surface area (Å²) < 4.78 is 13.2. The van der Waals surface area contributed by atoms with Crippen LogP contribution in [0.15, 0.2) is 12.1 Å². The number of nitrogens with zero attached hydrogens (tertiary/aromatic N) is 1. The monoisotopic (exact) mass is 290 g/mol. The van der Waals surface area contributed by atoms with E-state index >= 15 is 0 Å². The van der Waals surface area contributed by atoms with Gasteiger partial charge < -0.3 is 5.32 Å². The molecule has 1 aromatic rings. The average molecular weight is 291 g/mol. The molecule has 0 amide bonds. The Labute approximate surface area is 113 Å². The Morgan fingerprint density at radius 3 is 3.00 bits per heavy atom. The standard InChI is InChI=1S/C11H12ClFN2O2S/c12-8-4-10(11(15(16)17)5-9(8)13)14-6-7-2-1-3-18-7/h4-5,7,14H,1-3,6H2. The molecule has 1 aromatic carbocycles. The van der Waals surface area contributed by atoms with E-state index in [4.69, 9.17) is 11.6 Å². The molecule has 0 saturated carbocycles. The van der Waals surface area contributed by atoms with Gasteiger partial charge in [-0.1, -0.05) is 11.6 Å². The fourth-order valence-corrected chi connectivity index (χ4v) is 3.22. The minimum absolute atomic E-state index is 0.109. The molecule has 2 rings (SSSR count). The highest BCUT2D eigenvalue weighted by molar-refractivity contribution is 8.00. The van der Waals surface area contributed by atoms with Gasteiger partial charge in [0.1, 0.15) is 11.5 Å². The van der Waals surface area contributed by atoms with Gasteiger partial charge in [0.05, 0.1) is 16.0 Å². The van der Waals surface area contributed by atoms with Crippen LogP contribution in [-0.4, -0.2) is 22.5 Å². The number of halogens is 2. The van der Waals surface area contributed by atoms with E-state index in [0.717, 1.165) is 18.2 Å². The van der Waals surface area contributed by atoms with E-state index in [9.17, 15) is 14.5 Å². The summed E-state index contributed by atoms with van der Waals surface area (Å²) in [5, 5.41) is 14.2. The van der Waals surface area contributed by atoms with Crippen LogP contribution in [-0.2, 0) is 0 Å². The van der Waals surface area contributed by atoms with Crippen LogP contribution in [0.2, 0.25) is 5.02 Å². The Bertz CT molecular complexity index is 467. The fraction of sp³-hybridized carbons (Fsp3) is 0.455. The Morgan fingerprint density at radius 1 is 1.61 bits per heavy atom. The van der Waals surface area contributed by atoms with E-state index in [1.165, 1.54) is 12.5 Å². The van der Waals surface area contributed by atoms with Crippen molar-refractivity contribution in [3.8, 4) is 0 Å². The summed E-state index contributed by atoms with van der Waals surface area (Å²) in [6, 6.07) is 2.13. The number of thioether (sulfide) groups is 1. The molecule has 7 heteroatoms. The number of rotatable bonds is 4. The van der Waals surface area contributed by atoms with Crippen LogP contribution in [0.5, 0.6) is 0 Å². The Balaban J connectivity index is 2.14. The summed E-state index contributed by atoms with van der Waals surface area (Å²) in [6.45, 7) is 0.632. The molecule has 1 heterocycles. The average Bonchev–Trinajstić information content (AvgIpc) is 2.83. The van der Waals surface area contributed by atoms with Gasteiger partial charge in [-0.2, -0.15) is 11.8 Å². The topological polar surface area (TPSA) is 55.2 Å². The van der Waals surface area contributed by atoms with E-state index < -0.39 is 10.7 Å². The molecule has 1 aliphatic heterocycles. The Morgan fingerprint density at radius 2 is 2.39 bits per heavy atom. The van der Waals surface area contributed by atoms with Crippen LogP contribution in [0, 0.1) is 15.9 Å². The lowest BCUT2D eigenvalue weighted by atomic mass is 10.2. The molecule has 18 heavy (non-hydrogen) atoms. The normalized spacial score (nSPS) is 18.9. The van der Waals surface area contributed by atoms with Crippen LogP contribution in [0.25, 0.3) is 0 Å². The number of anilines is 1. The maximum atomic E-state index is 13.2. The zero-order chi connectivity index (χ0) is 13.1. The maximum Gasteiger partial charge on any atom is 0.295 e. The van der Waals surface area contributed by atoms with Crippen molar-refractivity contribution in [2.24, 2.45) is 0 Å². The van der Waals surface area contributed by atoms with Gasteiger partial charge in [0.25, 0.3) is 5.69 Å². The largest absolute Gasteiger partial charge is 0.378 e. The first-order valence-corrected chi connectivity index (χ1v) is 6.99. The maximum absolute atomic E-state index is 13.2. The molecular weight excluding hydrogens is 279 g/mol. The number of nitrogens with one attached hydrogen (secondary N) is 1. The molecule has 1 saturated heterocycles. The molecule has 0 aliphatic carbocycles. The molecule has 98 valence electrons. The Hall–Kier alpha value is -1.01. The first-order valence-electron chi connectivity index (χ1n) is 5.57. The molecule has 1 unspecified atom stereocenters. The van der Waals surface area contributed by atoms with Crippen LogP contribution in [0.1, 0.15) is 12.8 Å². The minimum atomic E-state index is -0.774. The smallest absolute Gasteiger partial charge is 0.295 e. The van der Waals surface area contributed by atoms with Gasteiger partial charge in [0.2, 0.25) is 0 Å². The summed E-state index contributed by atoms with van der Waals surface area (Å²) in [4.78, 5) is 10.2. The van der Waals surface area contributed by atoms with E-state index in [-0.39, 0.29) is 16.4 Å². The van der Waals surface area contributed by atoms with Crippen molar-refractivity contribution in [2.45, 2.75) is 18.1 Å². The summed E-state index contributed by atoms with van der Waals surface area (Å²) in [5.74, 6) is 0.350. The van der Waals surface area contributed by atoms with Crippen LogP contribution in [0.4, 0.5) is 15.8 Å².